The van der Waals surface area contributed by atoms with Gasteiger partial charge in [-0.3, -0.25) is 14.8 Å². The molecule has 2 aromatic carbocycles. The smallest absolute Gasteiger partial charge is 0.262 e. The molecule has 15 heteroatoms. The fraction of sp³-hybridized carbons (Fsp3) is 0.391. The lowest BCUT2D eigenvalue weighted by molar-refractivity contribution is -0.133. The number of nitrogens with one attached hydrogen (secondary N) is 2. The summed E-state index contributed by atoms with van der Waals surface area (Å²) in [6, 6.07) is 5.06. The second-order valence-electron chi connectivity index (χ2n) is 8.69. The van der Waals surface area contributed by atoms with Gasteiger partial charge < -0.3 is 14.4 Å². The summed E-state index contributed by atoms with van der Waals surface area (Å²) in [6.07, 6.45) is 0. The zero-order chi connectivity index (χ0) is 28.1. The number of halogens is 3. The van der Waals surface area contributed by atoms with Gasteiger partial charge in [0, 0.05) is 22.9 Å². The number of hydroxylamine groups is 1. The van der Waals surface area contributed by atoms with Crippen LogP contribution in [0.3, 0.4) is 0 Å². The Morgan fingerprint density at radius 2 is 1.76 bits per heavy atom. The summed E-state index contributed by atoms with van der Waals surface area (Å²) in [5, 5.41) is 9.60. The van der Waals surface area contributed by atoms with E-state index in [1.54, 1.807) is 4.90 Å². The van der Waals surface area contributed by atoms with Gasteiger partial charge in [0.25, 0.3) is 5.91 Å². The number of rotatable bonds is 10. The number of benzene rings is 2. The molecule has 1 aliphatic rings. The summed E-state index contributed by atoms with van der Waals surface area (Å²) < 4.78 is 66.8. The maximum atomic E-state index is 14.7. The normalized spacial score (nSPS) is 15.2. The van der Waals surface area contributed by atoms with E-state index in [9.17, 15) is 32.0 Å². The minimum Gasteiger partial charge on any atom is -0.451 e. The molecular formula is C23H26ClF2N3O7S2. The van der Waals surface area contributed by atoms with Gasteiger partial charge in [-0.05, 0) is 50.2 Å². The van der Waals surface area contributed by atoms with Crippen LogP contribution in [-0.2, 0) is 24.3 Å². The van der Waals surface area contributed by atoms with Crippen molar-refractivity contribution in [3.05, 3.63) is 53.1 Å². The predicted octanol–water partition coefficient (Wildman–Crippen LogP) is 2.93. The molecule has 0 unspecified atom stereocenters. The van der Waals surface area contributed by atoms with Crippen LogP contribution in [0.5, 0.6) is 11.5 Å². The number of ether oxygens (including phenoxy) is 2. The zero-order valence-electron chi connectivity index (χ0n) is 20.4. The summed E-state index contributed by atoms with van der Waals surface area (Å²) in [5.41, 5.74) is 1.39. The fourth-order valence-electron chi connectivity index (χ4n) is 3.44. The van der Waals surface area contributed by atoms with Crippen LogP contribution in [0.4, 0.5) is 8.78 Å². The molecule has 38 heavy (non-hydrogen) atoms. The first-order chi connectivity index (χ1) is 17.8. The highest BCUT2D eigenvalue weighted by Crippen LogP contribution is 2.33. The van der Waals surface area contributed by atoms with Crippen LogP contribution in [0.1, 0.15) is 13.8 Å². The van der Waals surface area contributed by atoms with Crippen molar-refractivity contribution in [2.24, 2.45) is 0 Å². The first-order valence-electron chi connectivity index (χ1n) is 11.2. The standard InChI is InChI=1S/C23H26ClF2N3O7S2/c1-23(2,37-13-19(30)29-7-9-35-10-8-29)21(22(31)27-32)28-38(33,34)16-11-17(25)20(18(26)12-16)36-15-5-3-14(24)4-6-15/h3-6,11-12,21,28,32H,7-10,13H2,1-2H3,(H,27,31)/t21-/m0/s1. The quantitative estimate of drug-likeness (QED) is 0.283. The molecular weight excluding hydrogens is 568 g/mol. The summed E-state index contributed by atoms with van der Waals surface area (Å²) >= 11 is 6.75. The van der Waals surface area contributed by atoms with Gasteiger partial charge in [-0.2, -0.15) is 4.72 Å². The first-order valence-corrected chi connectivity index (χ1v) is 14.1. The number of nitrogens with zero attached hydrogens (tertiary/aromatic N) is 1. The topological polar surface area (TPSA) is 134 Å². The Bertz CT molecular complexity index is 1250. The largest absolute Gasteiger partial charge is 0.451 e. The molecule has 0 bridgehead atoms. The molecule has 3 rings (SSSR count). The Hall–Kier alpha value is -2.49. The number of thioether (sulfide) groups is 1. The lowest BCUT2D eigenvalue weighted by Crippen LogP contribution is -2.56. The van der Waals surface area contributed by atoms with Crippen molar-refractivity contribution in [1.29, 1.82) is 0 Å². The number of hydrogen-bond acceptors (Lipinski definition) is 8. The molecule has 208 valence electrons. The number of amides is 2. The van der Waals surface area contributed by atoms with Gasteiger partial charge >= 0.3 is 0 Å². The highest BCUT2D eigenvalue weighted by Gasteiger charge is 2.40. The molecule has 1 atom stereocenters. The second-order valence-corrected chi connectivity index (χ2v) is 12.5. The van der Waals surface area contributed by atoms with Gasteiger partial charge in [0.15, 0.2) is 17.4 Å². The molecule has 2 amide bonds. The molecule has 0 aromatic heterocycles. The summed E-state index contributed by atoms with van der Waals surface area (Å²) in [6.45, 7) is 4.56. The number of carbonyl (C=O) groups excluding carboxylic acids is 2. The Morgan fingerprint density at radius 3 is 2.32 bits per heavy atom. The fourth-order valence-corrected chi connectivity index (χ4v) is 6.02. The molecule has 0 radical (unpaired) electrons. The molecule has 1 aliphatic heterocycles. The van der Waals surface area contributed by atoms with E-state index in [2.05, 4.69) is 4.72 Å². The molecule has 10 nitrogen and oxygen atoms in total. The monoisotopic (exact) mass is 593 g/mol. The third-order valence-corrected chi connectivity index (χ3v) is 8.61. The van der Waals surface area contributed by atoms with Gasteiger partial charge in [0.1, 0.15) is 11.8 Å². The molecule has 1 heterocycles. The molecule has 3 N–H and O–H groups in total. The molecule has 0 aliphatic carbocycles. The minimum absolute atomic E-state index is 0.0611. The van der Waals surface area contributed by atoms with E-state index >= 15 is 0 Å². The van der Waals surface area contributed by atoms with E-state index < -0.39 is 49.0 Å². The maximum absolute atomic E-state index is 14.7. The summed E-state index contributed by atoms with van der Waals surface area (Å²) in [5.74, 6) is -4.86. The van der Waals surface area contributed by atoms with Crippen molar-refractivity contribution < 1.29 is 41.5 Å². The number of morpholine rings is 1. The van der Waals surface area contributed by atoms with E-state index in [0.29, 0.717) is 43.5 Å². The van der Waals surface area contributed by atoms with Crippen molar-refractivity contribution in [3.63, 3.8) is 0 Å². The van der Waals surface area contributed by atoms with Crippen LogP contribution in [0.15, 0.2) is 41.3 Å². The van der Waals surface area contributed by atoms with Crippen LogP contribution in [0.25, 0.3) is 0 Å². The van der Waals surface area contributed by atoms with Crippen LogP contribution >= 0.6 is 23.4 Å². The lowest BCUT2D eigenvalue weighted by Gasteiger charge is -2.33. The van der Waals surface area contributed by atoms with E-state index in [4.69, 9.17) is 21.1 Å². The summed E-state index contributed by atoms with van der Waals surface area (Å²) in [4.78, 5) is 25.7. The van der Waals surface area contributed by atoms with Crippen molar-refractivity contribution in [3.8, 4) is 11.5 Å². The third kappa shape index (κ3) is 7.55. The zero-order valence-corrected chi connectivity index (χ0v) is 22.8. The highest BCUT2D eigenvalue weighted by molar-refractivity contribution is 8.01. The SMILES string of the molecule is CC(C)(SCC(=O)N1CCOCC1)[C@@H](NS(=O)(=O)c1cc(F)c(Oc2ccc(Cl)cc2)c(F)c1)C(=O)NO. The Balaban J connectivity index is 1.79. The van der Waals surface area contributed by atoms with Gasteiger partial charge in [-0.25, -0.2) is 22.7 Å². The third-order valence-electron chi connectivity index (χ3n) is 5.59. The van der Waals surface area contributed by atoms with E-state index in [1.807, 2.05) is 0 Å². The average Bonchev–Trinajstić information content (AvgIpc) is 2.89. The van der Waals surface area contributed by atoms with Crippen LogP contribution < -0.4 is 14.9 Å². The van der Waals surface area contributed by atoms with Crippen LogP contribution in [0.2, 0.25) is 5.02 Å². The Labute approximate surface area is 227 Å². The first kappa shape index (κ1) is 30.1. The van der Waals surface area contributed by atoms with Gasteiger partial charge in [-0.1, -0.05) is 11.6 Å². The van der Waals surface area contributed by atoms with Gasteiger partial charge in [0.05, 0.1) is 23.9 Å². The molecule has 2 aromatic rings. The van der Waals surface area contributed by atoms with E-state index in [0.717, 1.165) is 11.8 Å². The van der Waals surface area contributed by atoms with E-state index in [-0.39, 0.29) is 17.4 Å². The highest BCUT2D eigenvalue weighted by atomic mass is 35.5. The van der Waals surface area contributed by atoms with E-state index in [1.165, 1.54) is 43.6 Å². The Morgan fingerprint density at radius 1 is 1.18 bits per heavy atom. The number of carbonyl (C=O) groups is 2. The molecule has 0 spiro atoms. The van der Waals surface area contributed by atoms with Crippen LogP contribution in [-0.4, -0.2) is 73.2 Å². The maximum Gasteiger partial charge on any atom is 0.262 e. The lowest BCUT2D eigenvalue weighted by atomic mass is 10.0. The molecule has 1 fully saturated rings. The predicted molar refractivity (Wildman–Crippen MR) is 136 cm³/mol. The summed E-state index contributed by atoms with van der Waals surface area (Å²) in [7, 11) is -4.70. The van der Waals surface area contributed by atoms with Crippen molar-refractivity contribution in [2.75, 3.05) is 32.1 Å². The van der Waals surface area contributed by atoms with Gasteiger partial charge in [-0.15, -0.1) is 11.8 Å². The Kier molecular flexibility index (Phi) is 9.95. The average molecular weight is 594 g/mol. The van der Waals surface area contributed by atoms with Crippen molar-refractivity contribution in [2.45, 2.75) is 29.5 Å². The molecule has 1 saturated heterocycles. The molecule has 0 saturated carbocycles. The van der Waals surface area contributed by atoms with Crippen molar-refractivity contribution in [1.82, 2.24) is 15.1 Å². The van der Waals surface area contributed by atoms with Gasteiger partial charge in [0.2, 0.25) is 15.9 Å². The second kappa shape index (κ2) is 12.6. The number of hydrogen-bond donors (Lipinski definition) is 3. The van der Waals surface area contributed by atoms with Crippen molar-refractivity contribution >= 4 is 45.2 Å². The minimum atomic E-state index is -4.70. The number of sulfonamides is 1. The van der Waals surface area contributed by atoms with Crippen LogP contribution in [0, 0.1) is 11.6 Å².